The minimum Gasteiger partial charge on any atom is -0.494 e. The molecule has 0 unspecified atom stereocenters. The predicted molar refractivity (Wildman–Crippen MR) is 94.3 cm³/mol. The summed E-state index contributed by atoms with van der Waals surface area (Å²) in [7, 11) is 3.19. The lowest BCUT2D eigenvalue weighted by Crippen LogP contribution is -2.25. The number of carbonyl (C=O) groups excluding carboxylic acids is 1. The van der Waals surface area contributed by atoms with Gasteiger partial charge in [0.25, 0.3) is 5.91 Å². The second-order valence-corrected chi connectivity index (χ2v) is 7.67. The van der Waals surface area contributed by atoms with E-state index in [-0.39, 0.29) is 11.7 Å². The number of halogens is 1. The Morgan fingerprint density at radius 2 is 2.21 bits per heavy atom. The Morgan fingerprint density at radius 1 is 1.42 bits per heavy atom. The van der Waals surface area contributed by atoms with Crippen molar-refractivity contribution in [2.75, 3.05) is 14.2 Å². The van der Waals surface area contributed by atoms with E-state index >= 15 is 0 Å². The van der Waals surface area contributed by atoms with Gasteiger partial charge in [0.05, 0.1) is 12.0 Å². The number of hydrogen-bond donors (Lipinski definition) is 0. The fourth-order valence-electron chi connectivity index (χ4n) is 3.15. The molecule has 2 aromatic rings. The smallest absolute Gasteiger partial charge is 0.263 e. The topological polar surface area (TPSA) is 29.5 Å². The minimum atomic E-state index is -0.406. The number of rotatable bonds is 4. The average molecular weight is 347 g/mol. The molecule has 1 aromatic heterocycles. The Balaban J connectivity index is 1.72. The molecule has 3 rings (SSSR count). The molecule has 0 bridgehead atoms. The Bertz CT molecular complexity index is 756. The summed E-state index contributed by atoms with van der Waals surface area (Å²) >= 11 is 1.61. The molecule has 0 fully saturated rings. The van der Waals surface area contributed by atoms with Gasteiger partial charge in [-0.15, -0.1) is 11.3 Å². The van der Waals surface area contributed by atoms with E-state index in [1.807, 2.05) is 6.07 Å². The number of aryl methyl sites for hydroxylation is 1. The van der Waals surface area contributed by atoms with Crippen molar-refractivity contribution in [3.8, 4) is 5.75 Å². The molecule has 1 heterocycles. The van der Waals surface area contributed by atoms with Crippen LogP contribution in [0.2, 0.25) is 0 Å². The Kier molecular flexibility index (Phi) is 4.90. The van der Waals surface area contributed by atoms with Crippen LogP contribution in [0.5, 0.6) is 5.75 Å². The summed E-state index contributed by atoms with van der Waals surface area (Å²) in [5, 5.41) is 0. The van der Waals surface area contributed by atoms with Gasteiger partial charge in [-0.3, -0.25) is 4.79 Å². The molecule has 5 heteroatoms. The van der Waals surface area contributed by atoms with Gasteiger partial charge in [0.1, 0.15) is 0 Å². The summed E-state index contributed by atoms with van der Waals surface area (Å²) in [5.74, 6) is 0.498. The Hall–Kier alpha value is -1.88. The van der Waals surface area contributed by atoms with E-state index in [1.165, 1.54) is 30.0 Å². The van der Waals surface area contributed by atoms with Gasteiger partial charge in [0, 0.05) is 18.5 Å². The minimum absolute atomic E-state index is 0.00159. The molecule has 0 saturated carbocycles. The normalized spacial score (nSPS) is 16.6. The van der Waals surface area contributed by atoms with E-state index in [9.17, 15) is 9.18 Å². The fraction of sp³-hybridized carbons (Fsp3) is 0.421. The first kappa shape index (κ1) is 17.0. The molecule has 1 amide bonds. The van der Waals surface area contributed by atoms with E-state index < -0.39 is 5.82 Å². The third-order valence-corrected chi connectivity index (χ3v) is 5.75. The second kappa shape index (κ2) is 6.93. The zero-order valence-electron chi connectivity index (χ0n) is 14.3. The fourth-order valence-corrected chi connectivity index (χ4v) is 4.36. The van der Waals surface area contributed by atoms with Crippen molar-refractivity contribution in [1.82, 2.24) is 4.90 Å². The molecule has 0 saturated heterocycles. The summed E-state index contributed by atoms with van der Waals surface area (Å²) in [4.78, 5) is 16.4. The third kappa shape index (κ3) is 3.46. The zero-order chi connectivity index (χ0) is 17.3. The van der Waals surface area contributed by atoms with Crippen LogP contribution in [0.3, 0.4) is 0 Å². The molecule has 0 aliphatic heterocycles. The van der Waals surface area contributed by atoms with E-state index in [0.717, 1.165) is 23.3 Å². The van der Waals surface area contributed by atoms with Crippen molar-refractivity contribution in [3.63, 3.8) is 0 Å². The van der Waals surface area contributed by atoms with Crippen molar-refractivity contribution in [2.24, 2.45) is 5.92 Å². The van der Waals surface area contributed by atoms with Gasteiger partial charge in [0.2, 0.25) is 0 Å². The number of hydrogen-bond acceptors (Lipinski definition) is 3. The summed E-state index contributed by atoms with van der Waals surface area (Å²) in [6.07, 6.45) is 3.33. The van der Waals surface area contributed by atoms with E-state index in [1.54, 1.807) is 35.4 Å². The van der Waals surface area contributed by atoms with Gasteiger partial charge in [0.15, 0.2) is 11.6 Å². The number of methoxy groups -OCH3 is 1. The first-order valence-corrected chi connectivity index (χ1v) is 8.99. The van der Waals surface area contributed by atoms with Gasteiger partial charge in [-0.05, 0) is 54.5 Å². The number of amides is 1. The maximum absolute atomic E-state index is 13.8. The SMILES string of the molecule is COc1ccc(CN(C)C(=O)c2cc3c(s2)CC[C@H](C)C3)cc1F. The van der Waals surface area contributed by atoms with Crippen LogP contribution in [-0.2, 0) is 19.4 Å². The zero-order valence-corrected chi connectivity index (χ0v) is 15.1. The molecule has 1 aliphatic rings. The van der Waals surface area contributed by atoms with Crippen LogP contribution in [0.4, 0.5) is 4.39 Å². The van der Waals surface area contributed by atoms with Crippen molar-refractivity contribution in [2.45, 2.75) is 32.7 Å². The predicted octanol–water partition coefficient (Wildman–Crippen LogP) is 4.29. The van der Waals surface area contributed by atoms with Crippen molar-refractivity contribution in [3.05, 3.63) is 51.0 Å². The highest BCUT2D eigenvalue weighted by molar-refractivity contribution is 7.14. The van der Waals surface area contributed by atoms with Gasteiger partial charge >= 0.3 is 0 Å². The molecule has 1 aromatic carbocycles. The highest BCUT2D eigenvalue weighted by Crippen LogP contribution is 2.32. The number of nitrogens with zero attached hydrogens (tertiary/aromatic N) is 1. The molecule has 3 nitrogen and oxygen atoms in total. The van der Waals surface area contributed by atoms with Gasteiger partial charge in [-0.2, -0.15) is 0 Å². The lowest BCUT2D eigenvalue weighted by atomic mass is 9.90. The molecule has 128 valence electrons. The van der Waals surface area contributed by atoms with Crippen LogP contribution in [0.15, 0.2) is 24.3 Å². The summed E-state index contributed by atoms with van der Waals surface area (Å²) in [5.41, 5.74) is 2.07. The first-order valence-electron chi connectivity index (χ1n) is 8.17. The van der Waals surface area contributed by atoms with Crippen molar-refractivity contribution >= 4 is 17.2 Å². The number of carbonyl (C=O) groups is 1. The van der Waals surface area contributed by atoms with E-state index in [0.29, 0.717) is 12.5 Å². The summed E-state index contributed by atoms with van der Waals surface area (Å²) in [6, 6.07) is 6.84. The molecular formula is C19H22FNO2S. The number of thiophene rings is 1. The highest BCUT2D eigenvalue weighted by atomic mass is 32.1. The third-order valence-electron chi connectivity index (χ3n) is 4.52. The lowest BCUT2D eigenvalue weighted by molar-refractivity contribution is 0.0789. The molecule has 0 N–H and O–H groups in total. The van der Waals surface area contributed by atoms with Crippen LogP contribution in [-0.4, -0.2) is 25.0 Å². The molecule has 1 aliphatic carbocycles. The Morgan fingerprint density at radius 3 is 2.92 bits per heavy atom. The quantitative estimate of drug-likeness (QED) is 0.825. The molecule has 0 spiro atoms. The van der Waals surface area contributed by atoms with Gasteiger partial charge in [-0.1, -0.05) is 13.0 Å². The first-order chi connectivity index (χ1) is 11.5. The number of ether oxygens (including phenoxy) is 1. The van der Waals surface area contributed by atoms with Crippen LogP contribution in [0.25, 0.3) is 0 Å². The largest absolute Gasteiger partial charge is 0.494 e. The van der Waals surface area contributed by atoms with Gasteiger partial charge < -0.3 is 9.64 Å². The maximum atomic E-state index is 13.8. The van der Waals surface area contributed by atoms with E-state index in [2.05, 4.69) is 6.92 Å². The summed E-state index contributed by atoms with van der Waals surface area (Å²) < 4.78 is 18.7. The van der Waals surface area contributed by atoms with Crippen LogP contribution < -0.4 is 4.74 Å². The van der Waals surface area contributed by atoms with Crippen LogP contribution >= 0.6 is 11.3 Å². The molecule has 0 radical (unpaired) electrons. The van der Waals surface area contributed by atoms with Crippen molar-refractivity contribution < 1.29 is 13.9 Å². The standard InChI is InChI=1S/C19H22FNO2S/c1-12-4-7-17-14(8-12)10-18(24-17)19(22)21(2)11-13-5-6-16(23-3)15(20)9-13/h5-6,9-10,12H,4,7-8,11H2,1-3H3/t12-/m0/s1. The monoisotopic (exact) mass is 347 g/mol. The molecule has 24 heavy (non-hydrogen) atoms. The molecular weight excluding hydrogens is 325 g/mol. The van der Waals surface area contributed by atoms with Crippen LogP contribution in [0, 0.1) is 11.7 Å². The van der Waals surface area contributed by atoms with Crippen molar-refractivity contribution in [1.29, 1.82) is 0 Å². The average Bonchev–Trinajstić information content (AvgIpc) is 2.97. The highest BCUT2D eigenvalue weighted by Gasteiger charge is 2.22. The Labute approximate surface area is 146 Å². The molecule has 1 atom stereocenters. The number of fused-ring (bicyclic) bond motifs is 1. The summed E-state index contributed by atoms with van der Waals surface area (Å²) in [6.45, 7) is 2.63. The van der Waals surface area contributed by atoms with E-state index in [4.69, 9.17) is 4.74 Å². The number of benzene rings is 1. The van der Waals surface area contributed by atoms with Gasteiger partial charge in [-0.25, -0.2) is 4.39 Å². The van der Waals surface area contributed by atoms with Crippen LogP contribution in [0.1, 0.15) is 39.0 Å². The second-order valence-electron chi connectivity index (χ2n) is 6.54. The maximum Gasteiger partial charge on any atom is 0.263 e. The lowest BCUT2D eigenvalue weighted by Gasteiger charge is -2.17.